The van der Waals surface area contributed by atoms with Crippen molar-refractivity contribution in [1.82, 2.24) is 19.4 Å². The van der Waals surface area contributed by atoms with Crippen LogP contribution in [0, 0.1) is 6.92 Å². The number of piperazine rings is 1. The number of urea groups is 1. The van der Waals surface area contributed by atoms with Crippen LogP contribution < -0.4 is 21.5 Å². The molecule has 9 nitrogen and oxygen atoms in total. The molecule has 0 unspecified atom stereocenters. The Balaban J connectivity index is 1.62. The third-order valence-corrected chi connectivity index (χ3v) is 4.90. The van der Waals surface area contributed by atoms with E-state index in [1.54, 1.807) is 4.90 Å². The van der Waals surface area contributed by atoms with Crippen LogP contribution in [0.25, 0.3) is 0 Å². The van der Waals surface area contributed by atoms with Crippen LogP contribution >= 0.6 is 0 Å². The van der Waals surface area contributed by atoms with E-state index in [9.17, 15) is 19.2 Å². The second kappa shape index (κ2) is 7.71. The highest BCUT2D eigenvalue weighted by Crippen LogP contribution is 2.18. The van der Waals surface area contributed by atoms with Crippen molar-refractivity contribution in [3.63, 3.8) is 0 Å². The molecule has 0 saturated carbocycles. The summed E-state index contributed by atoms with van der Waals surface area (Å²) < 4.78 is 2.30. The van der Waals surface area contributed by atoms with Crippen LogP contribution in [0.15, 0.2) is 39.9 Å². The van der Waals surface area contributed by atoms with Crippen molar-refractivity contribution in [3.05, 3.63) is 62.4 Å². The molecule has 1 aromatic carbocycles. The maximum absolute atomic E-state index is 12.5. The minimum absolute atomic E-state index is 0.0209. The number of rotatable bonds is 3. The van der Waals surface area contributed by atoms with E-state index in [0.29, 0.717) is 18.8 Å². The van der Waals surface area contributed by atoms with Crippen molar-refractivity contribution in [3.8, 4) is 0 Å². The number of carbonyl (C=O) groups is 2. The molecule has 1 N–H and O–H groups in total. The van der Waals surface area contributed by atoms with Gasteiger partial charge in [0.2, 0.25) is 5.91 Å². The number of hydrogen-bond acceptors (Lipinski definition) is 4. The van der Waals surface area contributed by atoms with E-state index in [0.717, 1.165) is 15.8 Å². The molecule has 0 aliphatic carbocycles. The number of nitrogens with zero attached hydrogens (tertiary/aromatic N) is 4. The fourth-order valence-corrected chi connectivity index (χ4v) is 3.07. The number of aromatic nitrogens is 2. The molecule has 0 bridgehead atoms. The molecule has 2 aromatic rings. The van der Waals surface area contributed by atoms with Crippen LogP contribution in [0.4, 0.5) is 10.5 Å². The zero-order valence-corrected chi connectivity index (χ0v) is 16.1. The van der Waals surface area contributed by atoms with Crippen LogP contribution in [0.2, 0.25) is 0 Å². The maximum atomic E-state index is 12.5. The molecule has 2 heterocycles. The molecular formula is C19H23N5O4. The molecule has 148 valence electrons. The molecule has 3 rings (SSSR count). The molecule has 0 spiro atoms. The average molecular weight is 385 g/mol. The topological polar surface area (TPSA) is 96.7 Å². The highest BCUT2D eigenvalue weighted by Gasteiger charge is 2.28. The minimum atomic E-state index is -0.460. The average Bonchev–Trinajstić information content (AvgIpc) is 2.68. The summed E-state index contributed by atoms with van der Waals surface area (Å²) >= 11 is 0. The lowest BCUT2D eigenvalue weighted by Gasteiger charge is -2.34. The zero-order chi connectivity index (χ0) is 20.4. The van der Waals surface area contributed by atoms with E-state index in [1.165, 1.54) is 29.6 Å². The maximum Gasteiger partial charge on any atom is 0.330 e. The van der Waals surface area contributed by atoms with Crippen molar-refractivity contribution in [1.29, 1.82) is 0 Å². The lowest BCUT2D eigenvalue weighted by atomic mass is 10.2. The Labute approximate surface area is 161 Å². The van der Waals surface area contributed by atoms with Crippen molar-refractivity contribution in [2.45, 2.75) is 13.5 Å². The first-order valence-electron chi connectivity index (χ1n) is 8.93. The van der Waals surface area contributed by atoms with Crippen LogP contribution in [0.1, 0.15) is 11.3 Å². The Hall–Kier alpha value is -3.36. The van der Waals surface area contributed by atoms with Crippen LogP contribution in [0.3, 0.4) is 0 Å². The van der Waals surface area contributed by atoms with E-state index < -0.39 is 17.3 Å². The Kier molecular flexibility index (Phi) is 5.34. The van der Waals surface area contributed by atoms with E-state index in [1.807, 2.05) is 31.2 Å². The largest absolute Gasteiger partial charge is 0.332 e. The Morgan fingerprint density at radius 1 is 1.04 bits per heavy atom. The molecule has 9 heteroatoms. The Bertz CT molecular complexity index is 1020. The predicted octanol–water partition coefficient (Wildman–Crippen LogP) is -0.0492. The molecular weight excluding hydrogens is 362 g/mol. The molecule has 0 radical (unpaired) electrons. The van der Waals surface area contributed by atoms with E-state index in [4.69, 9.17) is 0 Å². The molecule has 1 aliphatic rings. The van der Waals surface area contributed by atoms with Gasteiger partial charge in [0.05, 0.1) is 6.54 Å². The van der Waals surface area contributed by atoms with Gasteiger partial charge in [0.25, 0.3) is 5.56 Å². The zero-order valence-electron chi connectivity index (χ0n) is 16.1. The second-order valence-electron chi connectivity index (χ2n) is 6.84. The van der Waals surface area contributed by atoms with Crippen LogP contribution in [-0.2, 0) is 25.4 Å². The lowest BCUT2D eigenvalue weighted by molar-refractivity contribution is -0.120. The summed E-state index contributed by atoms with van der Waals surface area (Å²) in [6.45, 7) is 2.76. The van der Waals surface area contributed by atoms with Crippen molar-refractivity contribution >= 4 is 17.6 Å². The first kappa shape index (κ1) is 19.4. The van der Waals surface area contributed by atoms with E-state index in [-0.39, 0.29) is 19.0 Å². The highest BCUT2D eigenvalue weighted by atomic mass is 16.2. The summed E-state index contributed by atoms with van der Waals surface area (Å²) in [5, 5.41) is 2.67. The van der Waals surface area contributed by atoms with Crippen molar-refractivity contribution in [2.75, 3.05) is 24.5 Å². The van der Waals surface area contributed by atoms with E-state index >= 15 is 0 Å². The van der Waals surface area contributed by atoms with Gasteiger partial charge in [-0.3, -0.25) is 18.7 Å². The van der Waals surface area contributed by atoms with Gasteiger partial charge < -0.3 is 15.1 Å². The SMILES string of the molecule is Cc1ccc(N2CCN(C(=O)NCc3cc(=O)n(C)c(=O)n3C)CC2=O)cc1. The lowest BCUT2D eigenvalue weighted by Crippen LogP contribution is -2.54. The van der Waals surface area contributed by atoms with E-state index in [2.05, 4.69) is 5.32 Å². The number of anilines is 1. The summed E-state index contributed by atoms with van der Waals surface area (Å²) in [5.74, 6) is -0.161. The predicted molar refractivity (Wildman–Crippen MR) is 104 cm³/mol. The monoisotopic (exact) mass is 385 g/mol. The minimum Gasteiger partial charge on any atom is -0.332 e. The summed E-state index contributed by atoms with van der Waals surface area (Å²) in [6.07, 6.45) is 0. The third-order valence-electron chi connectivity index (χ3n) is 4.90. The van der Waals surface area contributed by atoms with Gasteiger partial charge in [-0.05, 0) is 19.1 Å². The Morgan fingerprint density at radius 3 is 2.36 bits per heavy atom. The van der Waals surface area contributed by atoms with Crippen molar-refractivity contribution in [2.24, 2.45) is 14.1 Å². The summed E-state index contributed by atoms with van der Waals surface area (Å²) in [7, 11) is 2.93. The second-order valence-corrected chi connectivity index (χ2v) is 6.84. The van der Waals surface area contributed by atoms with Gasteiger partial charge in [0.15, 0.2) is 0 Å². The third kappa shape index (κ3) is 3.83. The summed E-state index contributed by atoms with van der Waals surface area (Å²) in [6, 6.07) is 8.55. The number of carbonyl (C=O) groups excluding carboxylic acids is 2. The molecule has 28 heavy (non-hydrogen) atoms. The van der Waals surface area contributed by atoms with Gasteiger partial charge in [-0.15, -0.1) is 0 Å². The number of hydrogen-bond donors (Lipinski definition) is 1. The highest BCUT2D eigenvalue weighted by molar-refractivity contribution is 5.97. The number of aryl methyl sites for hydroxylation is 1. The van der Waals surface area contributed by atoms with Crippen molar-refractivity contribution < 1.29 is 9.59 Å². The fraction of sp³-hybridized carbons (Fsp3) is 0.368. The summed E-state index contributed by atoms with van der Waals surface area (Å²) in [4.78, 5) is 51.7. The van der Waals surface area contributed by atoms with Gasteiger partial charge in [-0.25, -0.2) is 9.59 Å². The number of nitrogens with one attached hydrogen (secondary N) is 1. The van der Waals surface area contributed by atoms with Crippen LogP contribution in [-0.4, -0.2) is 45.6 Å². The normalized spacial score (nSPS) is 14.3. The van der Waals surface area contributed by atoms with Gasteiger partial charge in [0.1, 0.15) is 6.54 Å². The molecule has 1 fully saturated rings. The van der Waals surface area contributed by atoms with Gasteiger partial charge in [-0.2, -0.15) is 0 Å². The van der Waals surface area contributed by atoms with Gasteiger partial charge in [0, 0.05) is 44.6 Å². The Morgan fingerprint density at radius 2 is 1.71 bits per heavy atom. The standard InChI is InChI=1S/C19H23N5O4/c1-13-4-6-14(7-5-13)24-9-8-23(12-17(24)26)18(27)20-11-15-10-16(25)22(3)19(28)21(15)2/h4-7,10H,8-9,11-12H2,1-3H3,(H,20,27). The molecule has 3 amide bonds. The molecule has 1 saturated heterocycles. The van der Waals surface area contributed by atoms with Crippen LogP contribution in [0.5, 0.6) is 0 Å². The molecule has 1 aliphatic heterocycles. The molecule has 1 aromatic heterocycles. The quantitative estimate of drug-likeness (QED) is 0.801. The number of benzene rings is 1. The summed E-state index contributed by atoms with van der Waals surface area (Å²) in [5.41, 5.74) is 1.42. The fourth-order valence-electron chi connectivity index (χ4n) is 3.07. The van der Waals surface area contributed by atoms with Gasteiger partial charge >= 0.3 is 11.7 Å². The first-order chi connectivity index (χ1) is 13.3. The first-order valence-corrected chi connectivity index (χ1v) is 8.93. The van der Waals surface area contributed by atoms with Gasteiger partial charge in [-0.1, -0.05) is 17.7 Å². The number of amides is 3. The molecule has 0 atom stereocenters. The smallest absolute Gasteiger partial charge is 0.330 e.